The predicted octanol–water partition coefficient (Wildman–Crippen LogP) is 15.1. The number of allylic oxidation sites excluding steroid dienone is 9. The van der Waals surface area contributed by atoms with Crippen molar-refractivity contribution in [1.82, 2.24) is 0 Å². The van der Waals surface area contributed by atoms with Crippen molar-refractivity contribution in [1.29, 1.82) is 0 Å². The normalized spacial score (nSPS) is 17.4. The van der Waals surface area contributed by atoms with Gasteiger partial charge in [-0.15, -0.1) is 0 Å². The fourth-order valence-corrected chi connectivity index (χ4v) is 10.9. The smallest absolute Gasteiger partial charge is 0.0703 e. The van der Waals surface area contributed by atoms with Crippen LogP contribution in [-0.2, 0) is 10.8 Å². The molecule has 0 saturated heterocycles. The molecule has 0 aromatic heterocycles. The quantitative estimate of drug-likeness (QED) is 0.115. The van der Waals surface area contributed by atoms with Crippen LogP contribution >= 0.6 is 0 Å². The number of para-hydroxylation sites is 1. The topological polar surface area (TPSA) is 3.24 Å². The minimum absolute atomic E-state index is 0.134. The minimum Gasteiger partial charge on any atom is -0.310 e. The summed E-state index contributed by atoms with van der Waals surface area (Å²) in [4.78, 5) is 2.46. The maximum Gasteiger partial charge on any atom is 0.0703 e. The number of aryl methyl sites for hydroxylation is 1. The van der Waals surface area contributed by atoms with Crippen LogP contribution in [0, 0.1) is 18.8 Å². The Hall–Kier alpha value is -7.40. The van der Waals surface area contributed by atoms with E-state index in [0.717, 1.165) is 17.1 Å². The third kappa shape index (κ3) is 5.42. The molecule has 7 aromatic carbocycles. The fourth-order valence-electron chi connectivity index (χ4n) is 10.9. The maximum absolute atomic E-state index is 4.10. The zero-order valence-electron chi connectivity index (χ0n) is 34.8. The Morgan fingerprint density at radius 3 is 2.07 bits per heavy atom. The minimum atomic E-state index is -0.515. The maximum atomic E-state index is 4.10. The second-order valence-corrected chi connectivity index (χ2v) is 17.1. The van der Waals surface area contributed by atoms with E-state index < -0.39 is 5.41 Å². The summed E-state index contributed by atoms with van der Waals surface area (Å²) in [6.07, 6.45) is 11.2. The molecule has 0 amide bonds. The average molecular weight is 780 g/mol. The summed E-state index contributed by atoms with van der Waals surface area (Å²) in [5.41, 5.74) is 23.2. The predicted molar refractivity (Wildman–Crippen MR) is 257 cm³/mol. The van der Waals surface area contributed by atoms with Gasteiger partial charge in [0, 0.05) is 28.8 Å². The zero-order chi connectivity index (χ0) is 41.3. The molecule has 0 fully saturated rings. The lowest BCUT2D eigenvalue weighted by Crippen LogP contribution is -2.28. The lowest BCUT2D eigenvalue weighted by atomic mass is 9.66. The van der Waals surface area contributed by atoms with Crippen LogP contribution in [0.1, 0.15) is 64.8 Å². The van der Waals surface area contributed by atoms with Gasteiger partial charge in [0.25, 0.3) is 0 Å². The van der Waals surface area contributed by atoms with Gasteiger partial charge < -0.3 is 4.90 Å². The van der Waals surface area contributed by atoms with Crippen molar-refractivity contribution in [3.8, 4) is 34.1 Å². The molecule has 1 spiro atoms. The lowest BCUT2D eigenvalue weighted by Gasteiger charge is -2.35. The van der Waals surface area contributed by atoms with Gasteiger partial charge >= 0.3 is 0 Å². The zero-order valence-corrected chi connectivity index (χ0v) is 34.8. The fraction of sp³-hybridized carbons (Fsp3) is 0.100. The standard InChI is InChI=1S/C60H45N/c1-5-6-21-51-48-25-14-17-28-54(48)60(53-27-12-8-11-23-47(53)50-36-30-40(2)38-56(50)60)58(51)42-31-33-43(34-32-42)61(57-29-18-15-22-45(57)41-19-9-7-10-20-41)44-35-37-49-46-24-13-16-26-52(46)59(3,4)55(49)39-44/h5-7,9-11,13-26,28-39H,1,27H2,2-4H3/b21-6-. The highest BCUT2D eigenvalue weighted by molar-refractivity contribution is 6.12. The molecular formula is C60H45N. The van der Waals surface area contributed by atoms with Gasteiger partial charge in [0.15, 0.2) is 0 Å². The number of anilines is 3. The average Bonchev–Trinajstić information content (AvgIpc) is 3.71. The number of fused-ring (bicyclic) bond motifs is 9. The molecular weight excluding hydrogens is 735 g/mol. The van der Waals surface area contributed by atoms with Crippen LogP contribution < -0.4 is 4.90 Å². The number of nitrogens with zero attached hydrogens (tertiary/aromatic N) is 1. The lowest BCUT2D eigenvalue weighted by molar-refractivity contribution is 0.660. The molecule has 290 valence electrons. The van der Waals surface area contributed by atoms with Gasteiger partial charge in [-0.1, -0.05) is 190 Å². The Morgan fingerprint density at radius 1 is 0.590 bits per heavy atom. The van der Waals surface area contributed by atoms with Crippen LogP contribution in [-0.4, -0.2) is 0 Å². The number of benzene rings is 7. The molecule has 1 heteroatoms. The summed E-state index contributed by atoms with van der Waals surface area (Å²) in [6, 6.07) is 60.9. The van der Waals surface area contributed by atoms with Gasteiger partial charge in [0.2, 0.25) is 0 Å². The summed E-state index contributed by atoms with van der Waals surface area (Å²) in [7, 11) is 0. The van der Waals surface area contributed by atoms with E-state index in [-0.39, 0.29) is 5.41 Å². The van der Waals surface area contributed by atoms with Gasteiger partial charge in [0.05, 0.1) is 11.1 Å². The summed E-state index contributed by atoms with van der Waals surface area (Å²) < 4.78 is 0. The molecule has 0 aliphatic heterocycles. The summed E-state index contributed by atoms with van der Waals surface area (Å²) >= 11 is 0. The van der Waals surface area contributed by atoms with E-state index in [2.05, 4.69) is 226 Å². The first-order chi connectivity index (χ1) is 29.9. The highest BCUT2D eigenvalue weighted by atomic mass is 15.1. The summed E-state index contributed by atoms with van der Waals surface area (Å²) in [5.74, 6) is 6.85. The van der Waals surface area contributed by atoms with Crippen molar-refractivity contribution in [2.24, 2.45) is 0 Å². The van der Waals surface area contributed by atoms with Crippen molar-refractivity contribution in [2.75, 3.05) is 4.90 Å². The molecule has 0 bridgehead atoms. The molecule has 1 unspecified atom stereocenters. The largest absolute Gasteiger partial charge is 0.310 e. The van der Waals surface area contributed by atoms with Crippen LogP contribution in [0.5, 0.6) is 0 Å². The van der Waals surface area contributed by atoms with Crippen molar-refractivity contribution >= 4 is 33.8 Å². The van der Waals surface area contributed by atoms with Gasteiger partial charge in [-0.3, -0.25) is 0 Å². The third-order valence-electron chi connectivity index (χ3n) is 13.5. The number of hydrogen-bond acceptors (Lipinski definition) is 1. The van der Waals surface area contributed by atoms with Crippen molar-refractivity contribution < 1.29 is 0 Å². The van der Waals surface area contributed by atoms with E-state index in [4.69, 9.17) is 0 Å². The van der Waals surface area contributed by atoms with E-state index in [9.17, 15) is 0 Å². The van der Waals surface area contributed by atoms with E-state index in [0.29, 0.717) is 6.42 Å². The second kappa shape index (κ2) is 14.1. The van der Waals surface area contributed by atoms with Crippen molar-refractivity contribution in [2.45, 2.75) is 38.0 Å². The van der Waals surface area contributed by atoms with E-state index in [1.165, 1.54) is 89.1 Å². The molecule has 0 radical (unpaired) electrons. The first-order valence-corrected chi connectivity index (χ1v) is 21.3. The SMILES string of the molecule is C=C/C=C\C1=C(c2ccc(N(c3ccc4c(c3)C(C)(C)c3ccccc3-4)c3ccccc3-c3ccccc3)cc2)C2(C3=C(C=CC#CC3)c3ccc(C)cc32)c2ccccc21. The van der Waals surface area contributed by atoms with Gasteiger partial charge in [0.1, 0.15) is 0 Å². The third-order valence-corrected chi connectivity index (χ3v) is 13.5. The van der Waals surface area contributed by atoms with Crippen molar-refractivity contribution in [3.05, 3.63) is 251 Å². The van der Waals surface area contributed by atoms with Crippen molar-refractivity contribution in [3.63, 3.8) is 0 Å². The Bertz CT molecular complexity index is 3150. The molecule has 0 heterocycles. The van der Waals surface area contributed by atoms with Gasteiger partial charge in [-0.2, -0.15) is 0 Å². The molecule has 1 nitrogen and oxygen atoms in total. The molecule has 0 N–H and O–H groups in total. The van der Waals surface area contributed by atoms with Crippen LogP contribution in [0.3, 0.4) is 0 Å². The van der Waals surface area contributed by atoms with E-state index >= 15 is 0 Å². The second-order valence-electron chi connectivity index (χ2n) is 17.1. The Labute approximate surface area is 360 Å². The van der Waals surface area contributed by atoms with Crippen LogP contribution in [0.25, 0.3) is 39.0 Å². The van der Waals surface area contributed by atoms with E-state index in [1.807, 2.05) is 12.2 Å². The first-order valence-electron chi connectivity index (χ1n) is 21.3. The van der Waals surface area contributed by atoms with Gasteiger partial charge in [-0.05, 0) is 127 Å². The molecule has 1 atom stereocenters. The highest BCUT2D eigenvalue weighted by Crippen LogP contribution is 2.65. The summed E-state index contributed by atoms with van der Waals surface area (Å²) in [6.45, 7) is 11.0. The van der Waals surface area contributed by atoms with Crippen LogP contribution in [0.4, 0.5) is 17.1 Å². The number of hydrogen-bond donors (Lipinski definition) is 0. The number of rotatable bonds is 7. The molecule has 0 saturated carbocycles. The Kier molecular flexibility index (Phi) is 8.49. The summed E-state index contributed by atoms with van der Waals surface area (Å²) in [5, 5.41) is 0. The molecule has 7 aromatic rings. The molecule has 61 heavy (non-hydrogen) atoms. The van der Waals surface area contributed by atoms with Gasteiger partial charge in [-0.25, -0.2) is 0 Å². The van der Waals surface area contributed by atoms with Crippen LogP contribution in [0.2, 0.25) is 0 Å². The monoisotopic (exact) mass is 779 g/mol. The Morgan fingerprint density at radius 2 is 1.26 bits per heavy atom. The first kappa shape index (κ1) is 36.7. The van der Waals surface area contributed by atoms with Crippen LogP contribution in [0.15, 0.2) is 206 Å². The molecule has 4 aliphatic carbocycles. The molecule has 11 rings (SSSR count). The highest BCUT2D eigenvalue weighted by Gasteiger charge is 2.53. The Balaban J connectivity index is 1.14. The van der Waals surface area contributed by atoms with E-state index in [1.54, 1.807) is 0 Å². The molecule has 4 aliphatic rings.